The number of hydrogen-bond acceptors (Lipinski definition) is 2. The molecule has 0 saturated carbocycles. The van der Waals surface area contributed by atoms with Crippen LogP contribution >= 0.6 is 0 Å². The van der Waals surface area contributed by atoms with Crippen LogP contribution in [-0.4, -0.2) is 7.69 Å². The van der Waals surface area contributed by atoms with Crippen LogP contribution in [0.4, 0.5) is 0 Å². The zero-order chi connectivity index (χ0) is 19.6. The molecule has 3 heteroatoms. The Kier molecular flexibility index (Phi) is 4.55. The van der Waals surface area contributed by atoms with Crippen molar-refractivity contribution >= 4 is 7.69 Å². The molecular formula is C26H20BO2. The molecule has 0 N–H and O–H groups in total. The molecule has 1 radical (unpaired) electrons. The zero-order valence-corrected chi connectivity index (χ0v) is 15.9. The van der Waals surface area contributed by atoms with Crippen molar-refractivity contribution < 1.29 is 9.31 Å². The van der Waals surface area contributed by atoms with Gasteiger partial charge < -0.3 is 9.31 Å². The van der Waals surface area contributed by atoms with E-state index >= 15 is 0 Å². The topological polar surface area (TPSA) is 18.5 Å². The van der Waals surface area contributed by atoms with Gasteiger partial charge in [-0.05, 0) is 22.3 Å². The third-order valence-corrected chi connectivity index (χ3v) is 5.67. The molecule has 1 aliphatic heterocycles. The van der Waals surface area contributed by atoms with E-state index in [1.54, 1.807) is 0 Å². The van der Waals surface area contributed by atoms with Gasteiger partial charge in [-0.1, -0.05) is 121 Å². The molecular weight excluding hydrogens is 355 g/mol. The fraction of sp³-hybridized carbons (Fsp3) is 0.0769. The summed E-state index contributed by atoms with van der Waals surface area (Å²) in [4.78, 5) is 0. The van der Waals surface area contributed by atoms with Gasteiger partial charge in [-0.2, -0.15) is 0 Å². The Morgan fingerprint density at radius 2 is 0.621 bits per heavy atom. The van der Waals surface area contributed by atoms with Crippen molar-refractivity contribution in [3.8, 4) is 0 Å². The fourth-order valence-electron chi connectivity index (χ4n) is 4.44. The summed E-state index contributed by atoms with van der Waals surface area (Å²) in [6.45, 7) is 0. The molecule has 1 saturated heterocycles. The lowest BCUT2D eigenvalue weighted by atomic mass is 9.66. The first-order valence-electron chi connectivity index (χ1n) is 9.77. The predicted molar refractivity (Wildman–Crippen MR) is 115 cm³/mol. The Hall–Kier alpha value is -3.14. The summed E-state index contributed by atoms with van der Waals surface area (Å²) in [7, 11) is 1.50. The second-order valence-corrected chi connectivity index (χ2v) is 7.16. The second-order valence-electron chi connectivity index (χ2n) is 7.16. The maximum atomic E-state index is 6.49. The number of benzene rings is 4. The molecule has 1 fully saturated rings. The van der Waals surface area contributed by atoms with Gasteiger partial charge in [0.25, 0.3) is 0 Å². The summed E-state index contributed by atoms with van der Waals surface area (Å²) >= 11 is 0. The van der Waals surface area contributed by atoms with Gasteiger partial charge >= 0.3 is 7.69 Å². The van der Waals surface area contributed by atoms with Crippen molar-refractivity contribution in [2.24, 2.45) is 0 Å². The first-order chi connectivity index (χ1) is 14.4. The van der Waals surface area contributed by atoms with E-state index in [0.717, 1.165) is 22.3 Å². The summed E-state index contributed by atoms with van der Waals surface area (Å²) in [5, 5.41) is 0. The third-order valence-electron chi connectivity index (χ3n) is 5.67. The van der Waals surface area contributed by atoms with Crippen LogP contribution in [0.1, 0.15) is 22.3 Å². The van der Waals surface area contributed by atoms with E-state index in [2.05, 4.69) is 48.5 Å². The highest BCUT2D eigenvalue weighted by atomic mass is 16.7. The maximum absolute atomic E-state index is 6.49. The summed E-state index contributed by atoms with van der Waals surface area (Å²) in [5.41, 5.74) is 2.39. The molecule has 29 heavy (non-hydrogen) atoms. The largest absolute Gasteiger partial charge is 0.490 e. The van der Waals surface area contributed by atoms with Crippen LogP contribution < -0.4 is 0 Å². The number of hydrogen-bond donors (Lipinski definition) is 0. The van der Waals surface area contributed by atoms with E-state index < -0.39 is 11.2 Å². The Morgan fingerprint density at radius 3 is 0.862 bits per heavy atom. The van der Waals surface area contributed by atoms with Crippen LogP contribution in [0.5, 0.6) is 0 Å². The first-order valence-corrected chi connectivity index (χ1v) is 9.77. The smallest absolute Gasteiger partial charge is 0.396 e. The van der Waals surface area contributed by atoms with E-state index in [4.69, 9.17) is 9.31 Å². The highest BCUT2D eigenvalue weighted by molar-refractivity contribution is 6.20. The van der Waals surface area contributed by atoms with Crippen molar-refractivity contribution in [2.75, 3.05) is 0 Å². The average molecular weight is 375 g/mol. The average Bonchev–Trinajstić information content (AvgIpc) is 3.24. The van der Waals surface area contributed by atoms with Crippen LogP contribution in [0.2, 0.25) is 0 Å². The third kappa shape index (κ3) is 2.66. The molecule has 0 unspecified atom stereocenters. The highest BCUT2D eigenvalue weighted by Crippen LogP contribution is 2.57. The lowest BCUT2D eigenvalue weighted by Gasteiger charge is -2.46. The Balaban J connectivity index is 1.90. The molecule has 0 spiro atoms. The molecule has 0 aromatic heterocycles. The van der Waals surface area contributed by atoms with Crippen LogP contribution in [-0.2, 0) is 20.5 Å². The quantitative estimate of drug-likeness (QED) is 0.442. The summed E-state index contributed by atoms with van der Waals surface area (Å²) < 4.78 is 13.0. The van der Waals surface area contributed by atoms with Gasteiger partial charge in [0, 0.05) is 0 Å². The fourth-order valence-corrected chi connectivity index (χ4v) is 4.44. The molecule has 2 nitrogen and oxygen atoms in total. The molecule has 0 atom stereocenters. The molecule has 5 rings (SSSR count). The summed E-state index contributed by atoms with van der Waals surface area (Å²) in [5.74, 6) is 0. The molecule has 1 heterocycles. The monoisotopic (exact) mass is 375 g/mol. The first kappa shape index (κ1) is 17.9. The van der Waals surface area contributed by atoms with Crippen molar-refractivity contribution in [1.29, 1.82) is 0 Å². The van der Waals surface area contributed by atoms with Gasteiger partial charge in [0.05, 0.1) is 0 Å². The molecule has 4 aromatic carbocycles. The van der Waals surface area contributed by atoms with Crippen LogP contribution in [0.25, 0.3) is 0 Å². The van der Waals surface area contributed by atoms with Gasteiger partial charge in [0.1, 0.15) is 11.2 Å². The van der Waals surface area contributed by atoms with Gasteiger partial charge in [-0.3, -0.25) is 0 Å². The molecule has 1 aliphatic rings. The van der Waals surface area contributed by atoms with Gasteiger partial charge in [0.15, 0.2) is 0 Å². The highest BCUT2D eigenvalue weighted by Gasteiger charge is 2.62. The molecule has 0 bridgehead atoms. The normalized spacial score (nSPS) is 16.8. The van der Waals surface area contributed by atoms with Gasteiger partial charge in [0.2, 0.25) is 0 Å². The van der Waals surface area contributed by atoms with E-state index in [1.807, 2.05) is 72.8 Å². The van der Waals surface area contributed by atoms with Crippen LogP contribution in [0, 0.1) is 0 Å². The predicted octanol–water partition coefficient (Wildman–Crippen LogP) is 5.46. The van der Waals surface area contributed by atoms with Crippen molar-refractivity contribution in [2.45, 2.75) is 11.2 Å². The standard InChI is InChI=1S/C26H20BO2/c1-5-13-21(14-6-1)25(22-15-7-2-8-16-22)26(29-27-28-25,23-17-9-3-10-18-23)24-19-11-4-12-20-24/h1-20H. The Labute approximate surface area is 172 Å². The van der Waals surface area contributed by atoms with Gasteiger partial charge in [-0.15, -0.1) is 0 Å². The molecule has 139 valence electrons. The summed E-state index contributed by atoms with van der Waals surface area (Å²) in [6.07, 6.45) is 0. The Morgan fingerprint density at radius 1 is 0.379 bits per heavy atom. The molecule has 4 aromatic rings. The second kappa shape index (κ2) is 7.36. The minimum absolute atomic E-state index is 0.877. The minimum Gasteiger partial charge on any atom is -0.396 e. The number of rotatable bonds is 4. The zero-order valence-electron chi connectivity index (χ0n) is 15.9. The van der Waals surface area contributed by atoms with E-state index in [0.29, 0.717) is 0 Å². The lowest BCUT2D eigenvalue weighted by molar-refractivity contribution is 0.00370. The molecule has 0 amide bonds. The van der Waals surface area contributed by atoms with E-state index in [9.17, 15) is 0 Å². The minimum atomic E-state index is -0.877. The van der Waals surface area contributed by atoms with Crippen LogP contribution in [0.15, 0.2) is 121 Å². The maximum Gasteiger partial charge on any atom is 0.490 e. The van der Waals surface area contributed by atoms with Gasteiger partial charge in [-0.25, -0.2) is 0 Å². The SMILES string of the molecule is [B]1OC(c2ccccc2)(c2ccccc2)C(c2ccccc2)(c2ccccc2)O1. The summed E-state index contributed by atoms with van der Waals surface area (Å²) in [6, 6.07) is 41.3. The van der Waals surface area contributed by atoms with Crippen molar-refractivity contribution in [1.82, 2.24) is 0 Å². The van der Waals surface area contributed by atoms with Crippen LogP contribution in [0.3, 0.4) is 0 Å². The van der Waals surface area contributed by atoms with E-state index in [1.165, 1.54) is 7.69 Å². The molecule has 0 aliphatic carbocycles. The Bertz CT molecular complexity index is 899. The lowest BCUT2D eigenvalue weighted by Crippen LogP contribution is -2.48. The van der Waals surface area contributed by atoms with Crippen molar-refractivity contribution in [3.63, 3.8) is 0 Å². The van der Waals surface area contributed by atoms with E-state index in [-0.39, 0.29) is 0 Å². The van der Waals surface area contributed by atoms with Crippen molar-refractivity contribution in [3.05, 3.63) is 144 Å².